The molecule has 7 nitrogen and oxygen atoms in total. The summed E-state index contributed by atoms with van der Waals surface area (Å²) in [6.07, 6.45) is 2.98. The number of carbonyl (C=O) groups is 1. The van der Waals surface area contributed by atoms with E-state index in [1.807, 2.05) is 13.0 Å². The maximum atomic E-state index is 12.6. The van der Waals surface area contributed by atoms with Crippen molar-refractivity contribution < 1.29 is 19.2 Å². The number of nitrogens with zero attached hydrogens (tertiary/aromatic N) is 2. The van der Waals surface area contributed by atoms with Gasteiger partial charge >= 0.3 is 0 Å². The first-order chi connectivity index (χ1) is 12.0. The Labute approximate surface area is 146 Å². The Morgan fingerprint density at radius 2 is 2.20 bits per heavy atom. The summed E-state index contributed by atoms with van der Waals surface area (Å²) < 4.78 is 10.2. The normalized spacial score (nSPS) is 20.6. The first-order valence-electron chi connectivity index (χ1n) is 8.37. The zero-order valence-corrected chi connectivity index (χ0v) is 14.7. The van der Waals surface area contributed by atoms with Gasteiger partial charge in [-0.15, -0.1) is 0 Å². The lowest BCUT2D eigenvalue weighted by molar-refractivity contribution is -0.122. The standard InChI is InChI=1S/C18H23N3O4/c1-10-15(11(2)25-21-10)8-16(23)20-18(13-6-14(22)7-13)12-4-5-17(24-3)19-9-12/h4-5,9,13-14,18,22H,6-8H2,1-3H3,(H,20,23)/t13?,14?,18-/m1/s1. The highest BCUT2D eigenvalue weighted by Crippen LogP contribution is 2.38. The van der Waals surface area contributed by atoms with Gasteiger partial charge in [-0.1, -0.05) is 11.2 Å². The molecule has 0 radical (unpaired) electrons. The fraction of sp³-hybridized carbons (Fsp3) is 0.500. The molecule has 0 unspecified atom stereocenters. The molecule has 1 fully saturated rings. The number of aryl methyl sites for hydroxylation is 2. The van der Waals surface area contributed by atoms with Crippen molar-refractivity contribution in [2.75, 3.05) is 7.11 Å². The summed E-state index contributed by atoms with van der Waals surface area (Å²) in [4.78, 5) is 16.8. The van der Waals surface area contributed by atoms with E-state index >= 15 is 0 Å². The molecule has 1 aliphatic rings. The second kappa shape index (κ2) is 7.23. The second-order valence-electron chi connectivity index (χ2n) is 6.54. The highest BCUT2D eigenvalue weighted by Gasteiger charge is 2.36. The number of ether oxygens (including phenoxy) is 1. The third-order valence-electron chi connectivity index (χ3n) is 4.78. The number of nitrogens with one attached hydrogen (secondary N) is 1. The molecule has 1 saturated carbocycles. The Kier molecular flexibility index (Phi) is 5.03. The molecule has 0 aromatic carbocycles. The van der Waals surface area contributed by atoms with Gasteiger partial charge in [-0.05, 0) is 38.2 Å². The summed E-state index contributed by atoms with van der Waals surface area (Å²) in [5, 5.41) is 16.6. The maximum absolute atomic E-state index is 12.6. The van der Waals surface area contributed by atoms with Gasteiger partial charge in [0.2, 0.25) is 11.8 Å². The van der Waals surface area contributed by atoms with Crippen LogP contribution in [0.4, 0.5) is 0 Å². The predicted molar refractivity (Wildman–Crippen MR) is 90.1 cm³/mol. The molecule has 7 heteroatoms. The first kappa shape index (κ1) is 17.4. The van der Waals surface area contributed by atoms with Gasteiger partial charge in [-0.3, -0.25) is 4.79 Å². The van der Waals surface area contributed by atoms with Crippen LogP contribution in [0.1, 0.15) is 41.5 Å². The van der Waals surface area contributed by atoms with Gasteiger partial charge < -0.3 is 19.7 Å². The highest BCUT2D eigenvalue weighted by molar-refractivity contribution is 5.79. The fourth-order valence-electron chi connectivity index (χ4n) is 3.21. The topological polar surface area (TPSA) is 97.5 Å². The number of aliphatic hydroxyl groups excluding tert-OH is 1. The number of hydrogen-bond acceptors (Lipinski definition) is 6. The van der Waals surface area contributed by atoms with E-state index in [2.05, 4.69) is 15.5 Å². The van der Waals surface area contributed by atoms with Crippen LogP contribution in [0.3, 0.4) is 0 Å². The molecule has 0 spiro atoms. The molecule has 3 rings (SSSR count). The van der Waals surface area contributed by atoms with E-state index in [0.29, 0.717) is 24.5 Å². The second-order valence-corrected chi connectivity index (χ2v) is 6.54. The Bertz CT molecular complexity index is 716. The van der Waals surface area contributed by atoms with Gasteiger partial charge in [-0.2, -0.15) is 0 Å². The molecule has 1 amide bonds. The summed E-state index contributed by atoms with van der Waals surface area (Å²) in [5.41, 5.74) is 2.46. The SMILES string of the molecule is COc1ccc([C@@H](NC(=O)Cc2c(C)noc2C)C2CC(O)C2)cn1. The molecule has 2 heterocycles. The van der Waals surface area contributed by atoms with Crippen molar-refractivity contribution in [2.24, 2.45) is 5.92 Å². The molecule has 134 valence electrons. The molecule has 2 N–H and O–H groups in total. The largest absolute Gasteiger partial charge is 0.481 e. The minimum Gasteiger partial charge on any atom is -0.481 e. The number of hydrogen-bond donors (Lipinski definition) is 2. The van der Waals surface area contributed by atoms with Crippen LogP contribution in [0.5, 0.6) is 5.88 Å². The Morgan fingerprint density at radius 3 is 2.72 bits per heavy atom. The molecule has 2 aromatic heterocycles. The zero-order chi connectivity index (χ0) is 18.0. The zero-order valence-electron chi connectivity index (χ0n) is 14.7. The molecular formula is C18H23N3O4. The van der Waals surface area contributed by atoms with Crippen molar-refractivity contribution in [3.8, 4) is 5.88 Å². The molecule has 0 saturated heterocycles. The molecular weight excluding hydrogens is 322 g/mol. The third-order valence-corrected chi connectivity index (χ3v) is 4.78. The van der Waals surface area contributed by atoms with Crippen LogP contribution in [0, 0.1) is 19.8 Å². The first-order valence-corrected chi connectivity index (χ1v) is 8.37. The maximum Gasteiger partial charge on any atom is 0.225 e. The number of methoxy groups -OCH3 is 1. The molecule has 25 heavy (non-hydrogen) atoms. The number of carbonyl (C=O) groups excluding carboxylic acids is 1. The van der Waals surface area contributed by atoms with Gasteiger partial charge in [0.15, 0.2) is 0 Å². The number of amides is 1. The third kappa shape index (κ3) is 3.82. The lowest BCUT2D eigenvalue weighted by atomic mass is 9.75. The molecule has 1 aliphatic carbocycles. The van der Waals surface area contributed by atoms with Gasteiger partial charge in [0, 0.05) is 17.8 Å². The average Bonchev–Trinajstić information content (AvgIpc) is 2.89. The molecule has 2 aromatic rings. The van der Waals surface area contributed by atoms with E-state index in [1.54, 1.807) is 26.3 Å². The van der Waals surface area contributed by atoms with E-state index in [0.717, 1.165) is 16.8 Å². The lowest BCUT2D eigenvalue weighted by Crippen LogP contribution is -2.42. The predicted octanol–water partition coefficient (Wildman–Crippen LogP) is 1.87. The molecule has 1 atom stereocenters. The van der Waals surface area contributed by atoms with E-state index in [-0.39, 0.29) is 30.4 Å². The summed E-state index contributed by atoms with van der Waals surface area (Å²) >= 11 is 0. The van der Waals surface area contributed by atoms with E-state index in [4.69, 9.17) is 9.26 Å². The minimum atomic E-state index is -0.293. The summed E-state index contributed by atoms with van der Waals surface area (Å²) in [5.74, 6) is 1.28. The van der Waals surface area contributed by atoms with Gasteiger partial charge in [0.1, 0.15) is 5.76 Å². The van der Waals surface area contributed by atoms with E-state index in [1.165, 1.54) is 0 Å². The Hall–Kier alpha value is -2.41. The van der Waals surface area contributed by atoms with Crippen molar-refractivity contribution in [2.45, 2.75) is 45.3 Å². The quantitative estimate of drug-likeness (QED) is 0.829. The van der Waals surface area contributed by atoms with Crippen LogP contribution < -0.4 is 10.1 Å². The number of aliphatic hydroxyl groups is 1. The summed E-state index contributed by atoms with van der Waals surface area (Å²) in [6, 6.07) is 3.49. The molecule has 0 aliphatic heterocycles. The monoisotopic (exact) mass is 345 g/mol. The minimum absolute atomic E-state index is 0.100. The van der Waals surface area contributed by atoms with Crippen molar-refractivity contribution in [1.29, 1.82) is 0 Å². The van der Waals surface area contributed by atoms with Crippen LogP contribution in [-0.2, 0) is 11.2 Å². The average molecular weight is 345 g/mol. The van der Waals surface area contributed by atoms with Crippen molar-refractivity contribution in [3.63, 3.8) is 0 Å². The van der Waals surface area contributed by atoms with Gasteiger partial charge in [-0.25, -0.2) is 4.98 Å². The molecule has 0 bridgehead atoms. The van der Waals surface area contributed by atoms with Gasteiger partial charge in [0.05, 0.1) is 31.4 Å². The van der Waals surface area contributed by atoms with Crippen LogP contribution in [-0.4, -0.2) is 34.4 Å². The summed E-state index contributed by atoms with van der Waals surface area (Å²) in [6.45, 7) is 3.63. The van der Waals surface area contributed by atoms with Gasteiger partial charge in [0.25, 0.3) is 0 Å². The van der Waals surface area contributed by atoms with E-state index < -0.39 is 0 Å². The van der Waals surface area contributed by atoms with Crippen molar-refractivity contribution in [1.82, 2.24) is 15.5 Å². The number of pyridine rings is 1. The van der Waals surface area contributed by atoms with Crippen molar-refractivity contribution >= 4 is 5.91 Å². The Balaban J connectivity index is 1.74. The Morgan fingerprint density at radius 1 is 1.44 bits per heavy atom. The number of rotatable bonds is 6. The fourth-order valence-corrected chi connectivity index (χ4v) is 3.21. The van der Waals surface area contributed by atoms with Crippen LogP contribution in [0.25, 0.3) is 0 Å². The van der Waals surface area contributed by atoms with Crippen molar-refractivity contribution in [3.05, 3.63) is 40.9 Å². The highest BCUT2D eigenvalue weighted by atomic mass is 16.5. The van der Waals surface area contributed by atoms with Crippen LogP contribution in [0.15, 0.2) is 22.9 Å². The lowest BCUT2D eigenvalue weighted by Gasteiger charge is -2.38. The van der Waals surface area contributed by atoms with Crippen LogP contribution >= 0.6 is 0 Å². The van der Waals surface area contributed by atoms with E-state index in [9.17, 15) is 9.90 Å². The number of aromatic nitrogens is 2. The summed E-state index contributed by atoms with van der Waals surface area (Å²) in [7, 11) is 1.56. The smallest absolute Gasteiger partial charge is 0.225 e. The van der Waals surface area contributed by atoms with Crippen LogP contribution in [0.2, 0.25) is 0 Å².